The lowest BCUT2D eigenvalue weighted by Crippen LogP contribution is -2.47. The van der Waals surface area contributed by atoms with Gasteiger partial charge in [0, 0.05) is 26.2 Å². The summed E-state index contributed by atoms with van der Waals surface area (Å²) in [6.45, 7) is 10.4. The fourth-order valence-electron chi connectivity index (χ4n) is 2.88. The minimum atomic E-state index is -0.0216. The molecule has 0 aliphatic carbocycles. The molecule has 1 fully saturated rings. The van der Waals surface area contributed by atoms with Crippen LogP contribution in [0.5, 0.6) is 5.75 Å². The number of methoxy groups -OCH3 is 1. The quantitative estimate of drug-likeness (QED) is 0.867. The van der Waals surface area contributed by atoms with Crippen molar-refractivity contribution in [2.75, 3.05) is 33.3 Å². The van der Waals surface area contributed by atoms with E-state index in [1.54, 1.807) is 7.11 Å². The first-order valence-corrected chi connectivity index (χ1v) is 6.91. The SMILES string of the molecule is COc1cc(C)c(C(N)N2CCNCC2)c(C)c1C. The maximum Gasteiger partial charge on any atom is 0.122 e. The van der Waals surface area contributed by atoms with E-state index in [0.29, 0.717) is 0 Å². The van der Waals surface area contributed by atoms with Crippen molar-refractivity contribution < 1.29 is 4.74 Å². The van der Waals surface area contributed by atoms with Crippen LogP contribution in [0.15, 0.2) is 6.07 Å². The summed E-state index contributed by atoms with van der Waals surface area (Å²) < 4.78 is 5.42. The van der Waals surface area contributed by atoms with E-state index in [0.717, 1.165) is 31.9 Å². The van der Waals surface area contributed by atoms with E-state index in [9.17, 15) is 0 Å². The molecule has 1 aliphatic rings. The molecule has 1 saturated heterocycles. The van der Waals surface area contributed by atoms with Gasteiger partial charge in [0.2, 0.25) is 0 Å². The lowest BCUT2D eigenvalue weighted by atomic mass is 9.94. The number of nitrogens with two attached hydrogens (primary N) is 1. The van der Waals surface area contributed by atoms with Crippen LogP contribution in [-0.4, -0.2) is 38.2 Å². The minimum Gasteiger partial charge on any atom is -0.496 e. The second-order valence-electron chi connectivity index (χ2n) is 5.29. The van der Waals surface area contributed by atoms with E-state index in [4.69, 9.17) is 10.5 Å². The number of nitrogens with zero attached hydrogens (tertiary/aromatic N) is 1. The van der Waals surface area contributed by atoms with Crippen LogP contribution >= 0.6 is 0 Å². The Balaban J connectivity index is 2.35. The largest absolute Gasteiger partial charge is 0.496 e. The van der Waals surface area contributed by atoms with Crippen LogP contribution in [0.1, 0.15) is 28.4 Å². The number of piperazine rings is 1. The molecule has 4 heteroatoms. The molecule has 1 atom stereocenters. The summed E-state index contributed by atoms with van der Waals surface area (Å²) in [5.41, 5.74) is 11.4. The van der Waals surface area contributed by atoms with Gasteiger partial charge in [0.15, 0.2) is 0 Å². The topological polar surface area (TPSA) is 50.5 Å². The summed E-state index contributed by atoms with van der Waals surface area (Å²) in [6.07, 6.45) is -0.0216. The third kappa shape index (κ3) is 2.76. The Hall–Kier alpha value is -1.10. The van der Waals surface area contributed by atoms with E-state index in [1.807, 2.05) is 0 Å². The highest BCUT2D eigenvalue weighted by molar-refractivity contribution is 5.49. The van der Waals surface area contributed by atoms with Gasteiger partial charge in [-0.1, -0.05) is 0 Å². The average molecular weight is 263 g/mol. The first-order valence-electron chi connectivity index (χ1n) is 6.91. The summed E-state index contributed by atoms with van der Waals surface area (Å²) in [4.78, 5) is 2.34. The molecule has 0 amide bonds. The van der Waals surface area contributed by atoms with Crippen LogP contribution in [0.25, 0.3) is 0 Å². The molecule has 1 aliphatic heterocycles. The van der Waals surface area contributed by atoms with Gasteiger partial charge in [-0.3, -0.25) is 4.90 Å². The molecule has 1 unspecified atom stereocenters. The van der Waals surface area contributed by atoms with Crippen molar-refractivity contribution >= 4 is 0 Å². The summed E-state index contributed by atoms with van der Waals surface area (Å²) in [5, 5.41) is 3.36. The van der Waals surface area contributed by atoms with Gasteiger partial charge in [-0.25, -0.2) is 0 Å². The average Bonchev–Trinajstić information content (AvgIpc) is 2.43. The lowest BCUT2D eigenvalue weighted by Gasteiger charge is -2.34. The first kappa shape index (κ1) is 14.3. The van der Waals surface area contributed by atoms with Crippen LogP contribution < -0.4 is 15.8 Å². The molecule has 0 radical (unpaired) electrons. The van der Waals surface area contributed by atoms with Gasteiger partial charge in [0.05, 0.1) is 13.3 Å². The zero-order valence-electron chi connectivity index (χ0n) is 12.4. The molecule has 106 valence electrons. The molecule has 2 rings (SSSR count). The van der Waals surface area contributed by atoms with Crippen molar-refractivity contribution in [1.29, 1.82) is 0 Å². The van der Waals surface area contributed by atoms with Gasteiger partial charge in [0.1, 0.15) is 5.75 Å². The highest BCUT2D eigenvalue weighted by Crippen LogP contribution is 2.31. The summed E-state index contributed by atoms with van der Waals surface area (Å²) >= 11 is 0. The van der Waals surface area contributed by atoms with Gasteiger partial charge < -0.3 is 15.8 Å². The molecule has 1 heterocycles. The second-order valence-corrected chi connectivity index (χ2v) is 5.29. The van der Waals surface area contributed by atoms with Crippen molar-refractivity contribution in [3.63, 3.8) is 0 Å². The van der Waals surface area contributed by atoms with E-state index >= 15 is 0 Å². The summed E-state index contributed by atoms with van der Waals surface area (Å²) in [5.74, 6) is 0.950. The summed E-state index contributed by atoms with van der Waals surface area (Å²) in [6, 6.07) is 2.10. The van der Waals surface area contributed by atoms with Crippen molar-refractivity contribution in [1.82, 2.24) is 10.2 Å². The van der Waals surface area contributed by atoms with Crippen LogP contribution in [0.4, 0.5) is 0 Å². The molecular weight excluding hydrogens is 238 g/mol. The van der Waals surface area contributed by atoms with Crippen molar-refractivity contribution in [3.05, 3.63) is 28.3 Å². The second kappa shape index (κ2) is 5.90. The molecule has 0 saturated carbocycles. The number of hydrogen-bond donors (Lipinski definition) is 2. The Bertz CT molecular complexity index is 453. The smallest absolute Gasteiger partial charge is 0.122 e. The predicted octanol–water partition coefficient (Wildman–Crippen LogP) is 1.48. The Morgan fingerprint density at radius 3 is 2.42 bits per heavy atom. The van der Waals surface area contributed by atoms with Crippen LogP contribution in [0.3, 0.4) is 0 Å². The molecule has 1 aromatic carbocycles. The minimum absolute atomic E-state index is 0.0216. The molecule has 0 spiro atoms. The van der Waals surface area contributed by atoms with Crippen molar-refractivity contribution in [2.24, 2.45) is 5.73 Å². The first-order chi connectivity index (χ1) is 9.06. The zero-order chi connectivity index (χ0) is 14.0. The normalized spacial score (nSPS) is 18.4. The maximum atomic E-state index is 6.49. The van der Waals surface area contributed by atoms with Gasteiger partial charge in [-0.15, -0.1) is 0 Å². The molecular formula is C15H25N3O. The standard InChI is InChI=1S/C15H25N3O/c1-10-9-13(19-4)11(2)12(3)14(10)15(16)18-7-5-17-6-8-18/h9,15,17H,5-8,16H2,1-4H3. The highest BCUT2D eigenvalue weighted by Gasteiger charge is 2.23. The fraction of sp³-hybridized carbons (Fsp3) is 0.600. The van der Waals surface area contributed by atoms with Crippen LogP contribution in [0.2, 0.25) is 0 Å². The predicted molar refractivity (Wildman–Crippen MR) is 78.6 cm³/mol. The number of nitrogens with one attached hydrogen (secondary N) is 1. The van der Waals surface area contributed by atoms with E-state index in [2.05, 4.69) is 37.1 Å². The van der Waals surface area contributed by atoms with Crippen LogP contribution in [0, 0.1) is 20.8 Å². The molecule has 19 heavy (non-hydrogen) atoms. The molecule has 1 aromatic rings. The van der Waals surface area contributed by atoms with Gasteiger partial charge in [-0.2, -0.15) is 0 Å². The monoisotopic (exact) mass is 263 g/mol. The van der Waals surface area contributed by atoms with Crippen molar-refractivity contribution in [3.8, 4) is 5.75 Å². The lowest BCUT2D eigenvalue weighted by molar-refractivity contribution is 0.176. The van der Waals surface area contributed by atoms with Gasteiger partial charge in [0.25, 0.3) is 0 Å². The number of ether oxygens (including phenoxy) is 1. The fourth-order valence-corrected chi connectivity index (χ4v) is 2.88. The Labute approximate surface area is 115 Å². The number of aryl methyl sites for hydroxylation is 1. The highest BCUT2D eigenvalue weighted by atomic mass is 16.5. The number of hydrogen-bond acceptors (Lipinski definition) is 4. The molecule has 0 bridgehead atoms. The number of rotatable bonds is 3. The zero-order valence-corrected chi connectivity index (χ0v) is 12.4. The molecule has 0 aromatic heterocycles. The third-order valence-electron chi connectivity index (χ3n) is 4.17. The van der Waals surface area contributed by atoms with E-state index in [-0.39, 0.29) is 6.17 Å². The Kier molecular flexibility index (Phi) is 4.45. The van der Waals surface area contributed by atoms with Gasteiger partial charge >= 0.3 is 0 Å². The Morgan fingerprint density at radius 1 is 1.21 bits per heavy atom. The Morgan fingerprint density at radius 2 is 1.84 bits per heavy atom. The molecule has 3 N–H and O–H groups in total. The maximum absolute atomic E-state index is 6.49. The molecule has 4 nitrogen and oxygen atoms in total. The third-order valence-corrected chi connectivity index (χ3v) is 4.17. The van der Waals surface area contributed by atoms with E-state index in [1.165, 1.54) is 22.3 Å². The van der Waals surface area contributed by atoms with Crippen LogP contribution in [-0.2, 0) is 0 Å². The van der Waals surface area contributed by atoms with Gasteiger partial charge in [-0.05, 0) is 49.1 Å². The summed E-state index contributed by atoms with van der Waals surface area (Å²) in [7, 11) is 1.72. The van der Waals surface area contributed by atoms with Crippen molar-refractivity contribution in [2.45, 2.75) is 26.9 Å². The number of benzene rings is 1. The van der Waals surface area contributed by atoms with E-state index < -0.39 is 0 Å².